The number of nitrogens with zero attached hydrogens (tertiary/aromatic N) is 2. The van der Waals surface area contributed by atoms with Crippen LogP contribution in [0.25, 0.3) is 0 Å². The fourth-order valence-corrected chi connectivity index (χ4v) is 3.78. The first-order valence-electron chi connectivity index (χ1n) is 9.39. The Morgan fingerprint density at radius 2 is 1.96 bits per heavy atom. The van der Waals surface area contributed by atoms with Crippen LogP contribution in [0.3, 0.4) is 0 Å². The van der Waals surface area contributed by atoms with Crippen molar-refractivity contribution >= 4 is 5.71 Å². The molecule has 1 saturated carbocycles. The first-order chi connectivity index (χ1) is 12.0. The van der Waals surface area contributed by atoms with Crippen LogP contribution in [0.5, 0.6) is 0 Å². The Kier molecular flexibility index (Phi) is 5.41. The van der Waals surface area contributed by atoms with Gasteiger partial charge in [0.05, 0.1) is 18.4 Å². The van der Waals surface area contributed by atoms with Gasteiger partial charge in [-0.2, -0.15) is 5.10 Å². The van der Waals surface area contributed by atoms with E-state index in [2.05, 4.69) is 39.5 Å². The molecule has 0 amide bonds. The van der Waals surface area contributed by atoms with Gasteiger partial charge in [-0.15, -0.1) is 0 Å². The molecule has 2 aliphatic rings. The number of allylic oxidation sites excluding steroid dienone is 3. The monoisotopic (exact) mass is 340 g/mol. The minimum Gasteiger partial charge on any atom is -0.262 e. The summed E-state index contributed by atoms with van der Waals surface area (Å²) in [6.45, 7) is 10.4. The molecule has 1 heterocycles. The summed E-state index contributed by atoms with van der Waals surface area (Å²) in [5.74, 6) is 0.195. The van der Waals surface area contributed by atoms with Gasteiger partial charge in [0, 0.05) is 11.6 Å². The van der Waals surface area contributed by atoms with Gasteiger partial charge in [-0.3, -0.25) is 9.40 Å². The van der Waals surface area contributed by atoms with E-state index in [0.717, 1.165) is 17.8 Å². The lowest BCUT2D eigenvalue weighted by Gasteiger charge is -2.28. The molecule has 0 bridgehead atoms. The Bertz CT molecular complexity index is 681. The van der Waals surface area contributed by atoms with Gasteiger partial charge in [0.25, 0.3) is 0 Å². The van der Waals surface area contributed by atoms with Crippen LogP contribution in [0.4, 0.5) is 4.39 Å². The summed E-state index contributed by atoms with van der Waals surface area (Å²) in [7, 11) is 0. The van der Waals surface area contributed by atoms with E-state index in [4.69, 9.17) is 5.10 Å². The highest BCUT2D eigenvalue weighted by Gasteiger charge is 2.36. The number of benzene rings is 1. The molecule has 2 unspecified atom stereocenters. The first-order valence-corrected chi connectivity index (χ1v) is 9.39. The fourth-order valence-electron chi connectivity index (χ4n) is 3.78. The number of hydrogen-bond donors (Lipinski definition) is 0. The van der Waals surface area contributed by atoms with Gasteiger partial charge < -0.3 is 0 Å². The Morgan fingerprint density at radius 1 is 1.28 bits per heavy atom. The van der Waals surface area contributed by atoms with Gasteiger partial charge in [0.15, 0.2) is 0 Å². The van der Waals surface area contributed by atoms with Crippen LogP contribution < -0.4 is 0 Å². The lowest BCUT2D eigenvalue weighted by Crippen LogP contribution is -2.22. The molecule has 0 N–H and O–H groups in total. The van der Waals surface area contributed by atoms with Crippen molar-refractivity contribution in [1.29, 1.82) is 0 Å². The molecule has 1 aliphatic heterocycles. The minimum absolute atomic E-state index is 0.0717. The molecular formula is C22H29FN2. The minimum atomic E-state index is -0.370. The highest BCUT2D eigenvalue weighted by atomic mass is 19.1. The predicted molar refractivity (Wildman–Crippen MR) is 103 cm³/mol. The van der Waals surface area contributed by atoms with Gasteiger partial charge in [-0.1, -0.05) is 56.3 Å². The smallest absolute Gasteiger partial charge is 0.0978 e. The maximum Gasteiger partial charge on any atom is 0.0978 e. The quantitative estimate of drug-likeness (QED) is 0.596. The zero-order valence-electron chi connectivity index (χ0n) is 15.6. The Hall–Kier alpha value is -1.90. The van der Waals surface area contributed by atoms with E-state index >= 15 is 0 Å². The second kappa shape index (κ2) is 7.55. The van der Waals surface area contributed by atoms with Crippen LogP contribution in [0.2, 0.25) is 0 Å². The van der Waals surface area contributed by atoms with Crippen molar-refractivity contribution in [3.05, 3.63) is 59.3 Å². The molecule has 1 saturated heterocycles. The normalized spacial score (nSPS) is 24.0. The van der Waals surface area contributed by atoms with E-state index in [-0.39, 0.29) is 18.6 Å². The van der Waals surface area contributed by atoms with Crippen molar-refractivity contribution in [1.82, 2.24) is 5.01 Å². The van der Waals surface area contributed by atoms with Crippen LogP contribution in [-0.4, -0.2) is 17.4 Å². The maximum absolute atomic E-state index is 13.5. The molecule has 134 valence electrons. The molecule has 0 spiro atoms. The fraction of sp³-hybridized carbons (Fsp3) is 0.500. The summed E-state index contributed by atoms with van der Waals surface area (Å²) < 4.78 is 13.5. The number of alkyl halides is 1. The van der Waals surface area contributed by atoms with Gasteiger partial charge in [-0.05, 0) is 49.7 Å². The second-order valence-electron chi connectivity index (χ2n) is 7.57. The summed E-state index contributed by atoms with van der Waals surface area (Å²) >= 11 is 0. The van der Waals surface area contributed by atoms with Crippen molar-refractivity contribution in [2.75, 3.05) is 6.67 Å². The average Bonchev–Trinajstić information content (AvgIpc) is 2.87. The topological polar surface area (TPSA) is 15.6 Å². The molecule has 1 aliphatic carbocycles. The van der Waals surface area contributed by atoms with Gasteiger partial charge >= 0.3 is 0 Å². The van der Waals surface area contributed by atoms with E-state index in [1.165, 1.54) is 36.0 Å². The van der Waals surface area contributed by atoms with E-state index in [9.17, 15) is 4.39 Å². The molecule has 0 radical (unpaired) electrons. The van der Waals surface area contributed by atoms with Crippen LogP contribution in [-0.2, 0) is 0 Å². The highest BCUT2D eigenvalue weighted by Crippen LogP contribution is 2.42. The van der Waals surface area contributed by atoms with Crippen molar-refractivity contribution < 1.29 is 4.39 Å². The number of hydrogen-bond acceptors (Lipinski definition) is 2. The molecule has 2 nitrogen and oxygen atoms in total. The molecule has 3 heteroatoms. The van der Waals surface area contributed by atoms with Crippen molar-refractivity contribution in [3.63, 3.8) is 0 Å². The highest BCUT2D eigenvalue weighted by molar-refractivity contribution is 6.01. The van der Waals surface area contributed by atoms with Crippen molar-refractivity contribution in [2.24, 2.45) is 16.9 Å². The maximum atomic E-state index is 13.5. The zero-order chi connectivity index (χ0) is 18.0. The molecule has 1 aromatic carbocycles. The van der Waals surface area contributed by atoms with E-state index in [1.54, 1.807) is 0 Å². The van der Waals surface area contributed by atoms with E-state index < -0.39 is 0 Å². The Balaban J connectivity index is 1.99. The number of hydrazone groups is 1. The number of rotatable bonds is 5. The first kappa shape index (κ1) is 17.9. The summed E-state index contributed by atoms with van der Waals surface area (Å²) in [5.41, 5.74) is 5.96. The third-order valence-corrected chi connectivity index (χ3v) is 5.57. The average molecular weight is 340 g/mol. The Labute approximate surface area is 151 Å². The molecule has 3 rings (SSSR count). The Morgan fingerprint density at radius 3 is 2.48 bits per heavy atom. The lowest BCUT2D eigenvalue weighted by molar-refractivity contribution is 0.313. The third-order valence-electron chi connectivity index (χ3n) is 5.57. The molecule has 2 atom stereocenters. The zero-order valence-corrected chi connectivity index (χ0v) is 15.6. The summed E-state index contributed by atoms with van der Waals surface area (Å²) in [6, 6.07) is 10.4. The van der Waals surface area contributed by atoms with Crippen LogP contribution in [0.1, 0.15) is 58.1 Å². The summed E-state index contributed by atoms with van der Waals surface area (Å²) in [4.78, 5) is 0. The lowest BCUT2D eigenvalue weighted by atomic mass is 9.85. The standard InChI is InChI=1S/C22H29FN2/c1-15(2)22(16(3)18-11-8-12-18)24-25-17(4)20(14-23)13-21(25)19-9-6-5-7-10-19/h5-7,9-10,15,20-21H,4,8,11-14H2,1-3H3/b24-22+. The van der Waals surface area contributed by atoms with E-state index in [1.807, 2.05) is 23.2 Å². The molecule has 2 fully saturated rings. The van der Waals surface area contributed by atoms with Crippen LogP contribution in [0.15, 0.2) is 58.9 Å². The van der Waals surface area contributed by atoms with Gasteiger partial charge in [-0.25, -0.2) is 0 Å². The van der Waals surface area contributed by atoms with Gasteiger partial charge in [0.1, 0.15) is 0 Å². The van der Waals surface area contributed by atoms with Crippen LogP contribution >= 0.6 is 0 Å². The van der Waals surface area contributed by atoms with Crippen molar-refractivity contribution in [2.45, 2.75) is 52.5 Å². The van der Waals surface area contributed by atoms with Crippen LogP contribution in [0, 0.1) is 11.8 Å². The third kappa shape index (κ3) is 3.56. The largest absolute Gasteiger partial charge is 0.262 e. The molecular weight excluding hydrogens is 311 g/mol. The van der Waals surface area contributed by atoms with Gasteiger partial charge in [0.2, 0.25) is 0 Å². The number of halogens is 1. The van der Waals surface area contributed by atoms with E-state index in [0.29, 0.717) is 5.92 Å². The summed E-state index contributed by atoms with van der Waals surface area (Å²) in [5, 5.41) is 7.04. The molecule has 1 aromatic rings. The molecule has 25 heavy (non-hydrogen) atoms. The van der Waals surface area contributed by atoms with Crippen molar-refractivity contribution in [3.8, 4) is 0 Å². The second-order valence-corrected chi connectivity index (χ2v) is 7.57. The SMILES string of the molecule is C=C1C(CF)CC(c2ccccc2)N1/N=C(/C(C)=C1CCC1)C(C)C. The molecule has 0 aromatic heterocycles. The summed E-state index contributed by atoms with van der Waals surface area (Å²) in [6.07, 6.45) is 4.40. The predicted octanol–water partition coefficient (Wildman–Crippen LogP) is 6.05.